The summed E-state index contributed by atoms with van der Waals surface area (Å²) in [5.74, 6) is 2.10. The van der Waals surface area contributed by atoms with Gasteiger partial charge in [0.1, 0.15) is 5.82 Å². The molecule has 8 heteroatoms. The molecule has 0 radical (unpaired) electrons. The minimum absolute atomic E-state index is 0.0959. The molecule has 3 rings (SSSR count). The van der Waals surface area contributed by atoms with Crippen molar-refractivity contribution in [1.29, 1.82) is 0 Å². The predicted octanol–water partition coefficient (Wildman–Crippen LogP) is 4.84. The van der Waals surface area contributed by atoms with Gasteiger partial charge >= 0.3 is 0 Å². The molecule has 2 N–H and O–H groups in total. The second kappa shape index (κ2) is 12.0. The van der Waals surface area contributed by atoms with Crippen LogP contribution in [0.15, 0.2) is 24.3 Å². The Kier molecular flexibility index (Phi) is 9.03. The lowest BCUT2D eigenvalue weighted by Crippen LogP contribution is -2.09. The van der Waals surface area contributed by atoms with Crippen molar-refractivity contribution in [2.75, 3.05) is 0 Å². The van der Waals surface area contributed by atoms with Crippen LogP contribution < -0.4 is 0 Å². The molecule has 31 heavy (non-hydrogen) atoms. The first kappa shape index (κ1) is 23.4. The highest BCUT2D eigenvalue weighted by Crippen LogP contribution is 2.22. The standard InChI is InChI=1S/C23H33ClN6O/c1-3-4-10-21-25-22(24)20(16-31)30(21)15-19-13-11-18(12-14-19)9-7-5-6-8-17(2)23-26-28-29-27-23/h11-14,17,31H,3-10,15-16H2,1-2H3,(H,26,27,28,29). The van der Waals surface area contributed by atoms with Crippen LogP contribution in [0.3, 0.4) is 0 Å². The number of tetrazole rings is 1. The molecule has 0 aliphatic carbocycles. The lowest BCUT2D eigenvalue weighted by atomic mass is 10.00. The van der Waals surface area contributed by atoms with Crippen LogP contribution in [0.4, 0.5) is 0 Å². The van der Waals surface area contributed by atoms with Gasteiger partial charge in [-0.1, -0.05) is 74.2 Å². The Balaban J connectivity index is 1.48. The summed E-state index contributed by atoms with van der Waals surface area (Å²) in [5.41, 5.74) is 3.25. The van der Waals surface area contributed by atoms with E-state index in [1.807, 2.05) is 0 Å². The van der Waals surface area contributed by atoms with E-state index in [1.54, 1.807) is 0 Å². The lowest BCUT2D eigenvalue weighted by Gasteiger charge is -2.12. The Labute approximate surface area is 189 Å². The van der Waals surface area contributed by atoms with Crippen molar-refractivity contribution in [3.63, 3.8) is 0 Å². The van der Waals surface area contributed by atoms with Crippen LogP contribution in [0, 0.1) is 0 Å². The fraction of sp³-hybridized carbons (Fsp3) is 0.565. The van der Waals surface area contributed by atoms with Crippen LogP contribution in [0.2, 0.25) is 5.15 Å². The normalized spacial score (nSPS) is 12.4. The molecular formula is C23H33ClN6O. The number of hydrogen-bond donors (Lipinski definition) is 2. The number of unbranched alkanes of at least 4 members (excludes halogenated alkanes) is 3. The van der Waals surface area contributed by atoms with Gasteiger partial charge < -0.3 is 9.67 Å². The van der Waals surface area contributed by atoms with Crippen molar-refractivity contribution in [2.24, 2.45) is 0 Å². The molecule has 0 bridgehead atoms. The molecule has 0 aliphatic heterocycles. The van der Waals surface area contributed by atoms with Gasteiger partial charge in [0.05, 0.1) is 12.3 Å². The third-order valence-electron chi connectivity index (χ3n) is 5.78. The zero-order valence-electron chi connectivity index (χ0n) is 18.5. The van der Waals surface area contributed by atoms with Gasteiger partial charge in [-0.2, -0.15) is 5.21 Å². The van der Waals surface area contributed by atoms with Crippen LogP contribution in [0.1, 0.15) is 86.8 Å². The van der Waals surface area contributed by atoms with E-state index in [-0.39, 0.29) is 6.61 Å². The highest BCUT2D eigenvalue weighted by Gasteiger charge is 2.15. The number of aromatic amines is 1. The molecule has 0 saturated carbocycles. The first-order chi connectivity index (χ1) is 15.1. The summed E-state index contributed by atoms with van der Waals surface area (Å²) in [6, 6.07) is 8.76. The van der Waals surface area contributed by atoms with Gasteiger partial charge in [0.2, 0.25) is 0 Å². The number of nitrogens with one attached hydrogen (secondary N) is 1. The minimum atomic E-state index is -0.0959. The van der Waals surface area contributed by atoms with Crippen molar-refractivity contribution in [1.82, 2.24) is 30.2 Å². The van der Waals surface area contributed by atoms with Crippen molar-refractivity contribution < 1.29 is 5.11 Å². The van der Waals surface area contributed by atoms with Crippen LogP contribution >= 0.6 is 11.6 Å². The van der Waals surface area contributed by atoms with Gasteiger partial charge in [0, 0.05) is 18.9 Å². The minimum Gasteiger partial charge on any atom is -0.390 e. The monoisotopic (exact) mass is 444 g/mol. The number of aliphatic hydroxyl groups excluding tert-OH is 1. The molecular weight excluding hydrogens is 412 g/mol. The highest BCUT2D eigenvalue weighted by molar-refractivity contribution is 6.30. The third-order valence-corrected chi connectivity index (χ3v) is 6.08. The summed E-state index contributed by atoms with van der Waals surface area (Å²) < 4.78 is 2.07. The van der Waals surface area contributed by atoms with E-state index in [0.717, 1.165) is 43.8 Å². The van der Waals surface area contributed by atoms with Gasteiger partial charge in [-0.15, -0.1) is 10.2 Å². The van der Waals surface area contributed by atoms with Crippen molar-refractivity contribution in [3.8, 4) is 0 Å². The smallest absolute Gasteiger partial charge is 0.177 e. The molecule has 1 unspecified atom stereocenters. The zero-order chi connectivity index (χ0) is 22.1. The fourth-order valence-electron chi connectivity index (χ4n) is 3.83. The maximum atomic E-state index is 9.73. The largest absolute Gasteiger partial charge is 0.390 e. The Morgan fingerprint density at radius 1 is 1.06 bits per heavy atom. The molecule has 0 fully saturated rings. The number of aromatic nitrogens is 6. The number of H-pyrrole nitrogens is 1. The zero-order valence-corrected chi connectivity index (χ0v) is 19.3. The molecule has 1 aromatic carbocycles. The van der Waals surface area contributed by atoms with Crippen LogP contribution in [0.5, 0.6) is 0 Å². The van der Waals surface area contributed by atoms with Crippen LogP contribution in [0.25, 0.3) is 0 Å². The van der Waals surface area contributed by atoms with Crippen LogP contribution in [-0.2, 0) is 26.0 Å². The second-order valence-electron chi connectivity index (χ2n) is 8.20. The van der Waals surface area contributed by atoms with Gasteiger partial charge in [0.25, 0.3) is 0 Å². The molecule has 0 saturated heterocycles. The molecule has 168 valence electrons. The molecule has 1 atom stereocenters. The maximum Gasteiger partial charge on any atom is 0.177 e. The predicted molar refractivity (Wildman–Crippen MR) is 122 cm³/mol. The van der Waals surface area contributed by atoms with Crippen LogP contribution in [-0.4, -0.2) is 35.3 Å². The number of rotatable bonds is 13. The number of halogens is 1. The Hall–Kier alpha value is -2.25. The molecule has 0 amide bonds. The Bertz CT molecular complexity index is 907. The summed E-state index contributed by atoms with van der Waals surface area (Å²) in [6.45, 7) is 4.90. The first-order valence-electron chi connectivity index (χ1n) is 11.3. The fourth-order valence-corrected chi connectivity index (χ4v) is 4.09. The number of benzene rings is 1. The summed E-state index contributed by atoms with van der Waals surface area (Å²) in [7, 11) is 0. The average Bonchev–Trinajstić information content (AvgIpc) is 3.41. The van der Waals surface area contributed by atoms with E-state index in [0.29, 0.717) is 23.3 Å². The summed E-state index contributed by atoms with van der Waals surface area (Å²) in [6.07, 6.45) is 8.73. The molecule has 3 aromatic rings. The summed E-state index contributed by atoms with van der Waals surface area (Å²) >= 11 is 6.25. The van der Waals surface area contributed by atoms with Crippen molar-refractivity contribution in [2.45, 2.75) is 84.3 Å². The number of aliphatic hydroxyl groups is 1. The average molecular weight is 445 g/mol. The van der Waals surface area contributed by atoms with Gasteiger partial charge in [-0.25, -0.2) is 4.98 Å². The number of hydrogen-bond acceptors (Lipinski definition) is 5. The van der Waals surface area contributed by atoms with Gasteiger partial charge in [-0.3, -0.25) is 0 Å². The number of aryl methyl sites for hydroxylation is 2. The van der Waals surface area contributed by atoms with E-state index in [2.05, 4.69) is 68.3 Å². The first-order valence-corrected chi connectivity index (χ1v) is 11.7. The van der Waals surface area contributed by atoms with Gasteiger partial charge in [0.15, 0.2) is 11.0 Å². The molecule has 0 aliphatic rings. The Morgan fingerprint density at radius 2 is 1.84 bits per heavy atom. The van der Waals surface area contributed by atoms with E-state index in [4.69, 9.17) is 11.6 Å². The highest BCUT2D eigenvalue weighted by atomic mass is 35.5. The van der Waals surface area contributed by atoms with Crippen molar-refractivity contribution >= 4 is 11.6 Å². The van der Waals surface area contributed by atoms with Gasteiger partial charge in [-0.05, 0) is 36.8 Å². The van der Waals surface area contributed by atoms with Crippen molar-refractivity contribution in [3.05, 3.63) is 57.9 Å². The van der Waals surface area contributed by atoms with E-state index in [1.165, 1.54) is 30.4 Å². The molecule has 2 heterocycles. The summed E-state index contributed by atoms with van der Waals surface area (Å²) in [5, 5.41) is 24.4. The molecule has 7 nitrogen and oxygen atoms in total. The maximum absolute atomic E-state index is 9.73. The molecule has 2 aromatic heterocycles. The Morgan fingerprint density at radius 3 is 2.52 bits per heavy atom. The summed E-state index contributed by atoms with van der Waals surface area (Å²) in [4.78, 5) is 4.47. The topological polar surface area (TPSA) is 92.5 Å². The quantitative estimate of drug-likeness (QED) is 0.368. The van der Waals surface area contributed by atoms with E-state index >= 15 is 0 Å². The second-order valence-corrected chi connectivity index (χ2v) is 8.56. The third kappa shape index (κ3) is 6.61. The number of imidazole rings is 1. The van der Waals surface area contributed by atoms with E-state index in [9.17, 15) is 5.11 Å². The van der Waals surface area contributed by atoms with E-state index < -0.39 is 0 Å². The number of nitrogens with zero attached hydrogens (tertiary/aromatic N) is 5. The SMILES string of the molecule is CCCCc1nc(Cl)c(CO)n1Cc1ccc(CCCCCC(C)c2nn[nH]n2)cc1. The molecule has 0 spiro atoms. The lowest BCUT2D eigenvalue weighted by molar-refractivity contribution is 0.271.